The molecule has 7 nitrogen and oxygen atoms in total. The first-order chi connectivity index (χ1) is 14.9. The van der Waals surface area contributed by atoms with E-state index < -0.39 is 0 Å². The van der Waals surface area contributed by atoms with E-state index in [9.17, 15) is 9.59 Å². The molecule has 3 aromatic rings. The lowest BCUT2D eigenvalue weighted by Crippen LogP contribution is -2.24. The van der Waals surface area contributed by atoms with Crippen LogP contribution in [0, 0.1) is 13.8 Å². The van der Waals surface area contributed by atoms with Crippen LogP contribution < -0.4 is 15.0 Å². The number of hydrogen-bond acceptors (Lipinski definition) is 6. The monoisotopic (exact) mass is 456 g/mol. The van der Waals surface area contributed by atoms with E-state index in [0.29, 0.717) is 39.4 Å². The molecule has 9 heteroatoms. The lowest BCUT2D eigenvalue weighted by atomic mass is 10.1. The second-order valence-corrected chi connectivity index (χ2v) is 8.86. The summed E-state index contributed by atoms with van der Waals surface area (Å²) < 4.78 is 5.23. The zero-order chi connectivity index (χ0) is 22.1. The van der Waals surface area contributed by atoms with Crippen molar-refractivity contribution in [1.29, 1.82) is 0 Å². The Labute approximate surface area is 189 Å². The van der Waals surface area contributed by atoms with Gasteiger partial charge in [-0.2, -0.15) is 0 Å². The first kappa shape index (κ1) is 21.3. The number of rotatable bonds is 5. The summed E-state index contributed by atoms with van der Waals surface area (Å²) in [6, 6.07) is 10.8. The topological polar surface area (TPSA) is 84.4 Å². The summed E-state index contributed by atoms with van der Waals surface area (Å²) in [6.45, 7) is 4.61. The van der Waals surface area contributed by atoms with Crippen molar-refractivity contribution in [2.45, 2.75) is 26.2 Å². The van der Waals surface area contributed by atoms with Crippen LogP contribution in [0.25, 0.3) is 0 Å². The first-order valence-corrected chi connectivity index (χ1v) is 10.9. The minimum Gasteiger partial charge on any atom is -0.496 e. The molecule has 160 valence electrons. The van der Waals surface area contributed by atoms with Gasteiger partial charge in [-0.05, 0) is 55.3 Å². The third-order valence-electron chi connectivity index (χ3n) is 5.34. The fourth-order valence-corrected chi connectivity index (χ4v) is 4.49. The Morgan fingerprint density at radius 3 is 2.74 bits per heavy atom. The summed E-state index contributed by atoms with van der Waals surface area (Å²) in [5.74, 6) is 0.00837. The van der Waals surface area contributed by atoms with E-state index >= 15 is 0 Å². The molecule has 2 aromatic carbocycles. The van der Waals surface area contributed by atoms with Crippen LogP contribution in [0.1, 0.15) is 38.8 Å². The predicted molar refractivity (Wildman–Crippen MR) is 121 cm³/mol. The van der Waals surface area contributed by atoms with E-state index in [0.717, 1.165) is 11.3 Å². The number of methoxy groups -OCH3 is 1. The zero-order valence-corrected chi connectivity index (χ0v) is 18.9. The number of carbonyl (C=O) groups is 2. The highest BCUT2D eigenvalue weighted by atomic mass is 35.5. The number of amides is 2. The summed E-state index contributed by atoms with van der Waals surface area (Å²) in [5, 5.41) is 12.5. The first-order valence-electron chi connectivity index (χ1n) is 9.71. The Kier molecular flexibility index (Phi) is 5.93. The average Bonchev–Trinajstić information content (AvgIpc) is 3.36. The smallest absolute Gasteiger partial charge is 0.261 e. The highest BCUT2D eigenvalue weighted by molar-refractivity contribution is 7.15. The largest absolute Gasteiger partial charge is 0.496 e. The van der Waals surface area contributed by atoms with Crippen LogP contribution in [0.15, 0.2) is 36.4 Å². The highest BCUT2D eigenvalue weighted by Crippen LogP contribution is 2.35. The number of ether oxygens (including phenoxy) is 1. The SMILES string of the molecule is COc1ccc(Cl)cc1C(=O)Nc1nnc([C@@H]2CC(=O)N(c3ccc(C)c(C)c3)C2)s1. The fraction of sp³-hybridized carbons (Fsp3) is 0.273. The Balaban J connectivity index is 1.48. The van der Waals surface area contributed by atoms with Crippen LogP contribution in [0.3, 0.4) is 0 Å². The standard InChI is InChI=1S/C22H21ClN4O3S/c1-12-4-6-16(8-13(12)2)27-11-14(9-19(27)28)21-25-26-22(31-21)24-20(29)17-10-15(23)5-7-18(17)30-3/h4-8,10,14H,9,11H2,1-3H3,(H,24,26,29)/t14-/m1/s1. The molecule has 0 spiro atoms. The molecule has 1 aromatic heterocycles. The maximum atomic E-state index is 12.7. The predicted octanol–water partition coefficient (Wildman–Crippen LogP) is 4.59. The van der Waals surface area contributed by atoms with Crippen LogP contribution in [0.4, 0.5) is 10.8 Å². The van der Waals surface area contributed by atoms with Crippen LogP contribution in [-0.4, -0.2) is 35.7 Å². The lowest BCUT2D eigenvalue weighted by molar-refractivity contribution is -0.117. The number of nitrogens with zero attached hydrogens (tertiary/aromatic N) is 3. The molecule has 2 amide bonds. The maximum absolute atomic E-state index is 12.7. The minimum atomic E-state index is -0.388. The molecule has 1 aliphatic heterocycles. The summed E-state index contributed by atoms with van der Waals surface area (Å²) in [5.41, 5.74) is 3.53. The molecule has 1 aliphatic rings. The third-order valence-corrected chi connectivity index (χ3v) is 6.58. The van der Waals surface area contributed by atoms with Crippen molar-refractivity contribution < 1.29 is 14.3 Å². The quantitative estimate of drug-likeness (QED) is 0.607. The van der Waals surface area contributed by atoms with E-state index in [1.807, 2.05) is 32.0 Å². The summed E-state index contributed by atoms with van der Waals surface area (Å²) in [7, 11) is 1.49. The summed E-state index contributed by atoms with van der Waals surface area (Å²) in [6.07, 6.45) is 0.359. The average molecular weight is 457 g/mol. The van der Waals surface area contributed by atoms with Gasteiger partial charge in [0.2, 0.25) is 11.0 Å². The van der Waals surface area contributed by atoms with E-state index in [4.69, 9.17) is 16.3 Å². The molecule has 0 saturated carbocycles. The Bertz CT molecular complexity index is 1160. The van der Waals surface area contributed by atoms with Crippen molar-refractivity contribution in [3.05, 3.63) is 63.1 Å². The van der Waals surface area contributed by atoms with Crippen molar-refractivity contribution in [2.24, 2.45) is 0 Å². The number of benzene rings is 2. The van der Waals surface area contributed by atoms with Crippen LogP contribution in [0.2, 0.25) is 5.02 Å². The zero-order valence-electron chi connectivity index (χ0n) is 17.3. The van der Waals surface area contributed by atoms with Gasteiger partial charge in [-0.15, -0.1) is 10.2 Å². The number of anilines is 2. The van der Waals surface area contributed by atoms with Gasteiger partial charge in [-0.25, -0.2) is 0 Å². The number of aromatic nitrogens is 2. The summed E-state index contributed by atoms with van der Waals surface area (Å²) >= 11 is 7.28. The van der Waals surface area contributed by atoms with Crippen molar-refractivity contribution in [3.8, 4) is 5.75 Å². The Hall–Kier alpha value is -2.97. The minimum absolute atomic E-state index is 0.0534. The van der Waals surface area contributed by atoms with Crippen molar-refractivity contribution in [2.75, 3.05) is 23.9 Å². The number of halogens is 1. The van der Waals surface area contributed by atoms with E-state index in [1.165, 1.54) is 30.1 Å². The van der Waals surface area contributed by atoms with Gasteiger partial charge in [0.25, 0.3) is 5.91 Å². The van der Waals surface area contributed by atoms with Crippen LogP contribution in [0.5, 0.6) is 5.75 Å². The van der Waals surface area contributed by atoms with Crippen LogP contribution in [-0.2, 0) is 4.79 Å². The van der Waals surface area contributed by atoms with Gasteiger partial charge in [0.1, 0.15) is 10.8 Å². The molecule has 31 heavy (non-hydrogen) atoms. The second-order valence-electron chi connectivity index (χ2n) is 7.42. The third kappa shape index (κ3) is 4.40. The summed E-state index contributed by atoms with van der Waals surface area (Å²) in [4.78, 5) is 27.1. The molecule has 0 bridgehead atoms. The second kappa shape index (κ2) is 8.64. The molecule has 2 heterocycles. The maximum Gasteiger partial charge on any atom is 0.261 e. The van der Waals surface area contributed by atoms with E-state index in [-0.39, 0.29) is 17.7 Å². The molecule has 0 aliphatic carbocycles. The molecule has 1 N–H and O–H groups in total. The molecular formula is C22H21ClN4O3S. The Morgan fingerprint density at radius 1 is 1.19 bits per heavy atom. The molecule has 1 saturated heterocycles. The highest BCUT2D eigenvalue weighted by Gasteiger charge is 2.34. The number of hydrogen-bond donors (Lipinski definition) is 1. The van der Waals surface area contributed by atoms with Gasteiger partial charge in [-0.3, -0.25) is 14.9 Å². The number of carbonyl (C=O) groups excluding carboxylic acids is 2. The molecule has 0 unspecified atom stereocenters. The van der Waals surface area contributed by atoms with E-state index in [2.05, 4.69) is 15.5 Å². The van der Waals surface area contributed by atoms with Crippen molar-refractivity contribution in [3.63, 3.8) is 0 Å². The van der Waals surface area contributed by atoms with Crippen molar-refractivity contribution in [1.82, 2.24) is 10.2 Å². The molecule has 1 atom stereocenters. The van der Waals surface area contributed by atoms with Gasteiger partial charge in [0.05, 0.1) is 12.7 Å². The van der Waals surface area contributed by atoms with Gasteiger partial charge in [0.15, 0.2) is 0 Å². The molecule has 1 fully saturated rings. The van der Waals surface area contributed by atoms with Crippen molar-refractivity contribution >= 4 is 45.6 Å². The lowest BCUT2D eigenvalue weighted by Gasteiger charge is -2.17. The van der Waals surface area contributed by atoms with E-state index in [1.54, 1.807) is 17.0 Å². The number of nitrogens with one attached hydrogen (secondary N) is 1. The van der Waals surface area contributed by atoms with Gasteiger partial charge >= 0.3 is 0 Å². The fourth-order valence-electron chi connectivity index (χ4n) is 3.49. The van der Waals surface area contributed by atoms with Gasteiger partial charge in [0, 0.05) is 29.6 Å². The molecule has 0 radical (unpaired) electrons. The van der Waals surface area contributed by atoms with Gasteiger partial charge < -0.3 is 9.64 Å². The van der Waals surface area contributed by atoms with Gasteiger partial charge in [-0.1, -0.05) is 29.0 Å². The Morgan fingerprint density at radius 2 is 2.00 bits per heavy atom. The van der Waals surface area contributed by atoms with Crippen LogP contribution >= 0.6 is 22.9 Å². The molecular weight excluding hydrogens is 436 g/mol. The number of aryl methyl sites for hydroxylation is 2. The normalized spacial score (nSPS) is 15.9. The molecule has 4 rings (SSSR count).